The minimum absolute atomic E-state index is 0.0403. The second-order valence-corrected chi connectivity index (χ2v) is 8.44. The molecule has 1 aliphatic rings. The van der Waals surface area contributed by atoms with E-state index in [-0.39, 0.29) is 17.7 Å². The monoisotopic (exact) mass is 430 g/mol. The van der Waals surface area contributed by atoms with Crippen LogP contribution in [0.25, 0.3) is 22.0 Å². The molecule has 4 aromatic rings. The van der Waals surface area contributed by atoms with E-state index >= 15 is 0 Å². The maximum atomic E-state index is 13.3. The molecule has 2 aromatic carbocycles. The van der Waals surface area contributed by atoms with Gasteiger partial charge in [0.1, 0.15) is 11.6 Å². The minimum atomic E-state index is -0.590. The minimum Gasteiger partial charge on any atom is -0.440 e. The van der Waals surface area contributed by atoms with Crippen LogP contribution in [0.4, 0.5) is 0 Å². The Morgan fingerprint density at radius 1 is 1.16 bits per heavy atom. The summed E-state index contributed by atoms with van der Waals surface area (Å²) in [4.78, 5) is 34.9. The van der Waals surface area contributed by atoms with Crippen molar-refractivity contribution in [1.82, 2.24) is 20.2 Å². The van der Waals surface area contributed by atoms with Crippen molar-refractivity contribution in [3.05, 3.63) is 66.2 Å². The number of hydrogen-bond acceptors (Lipinski definition) is 4. The second-order valence-electron chi connectivity index (χ2n) is 8.44. The van der Waals surface area contributed by atoms with Gasteiger partial charge >= 0.3 is 0 Å². The number of aromatic nitrogens is 2. The number of aromatic amines is 1. The van der Waals surface area contributed by atoms with Crippen molar-refractivity contribution in [2.45, 2.75) is 38.1 Å². The summed E-state index contributed by atoms with van der Waals surface area (Å²) in [5.41, 5.74) is 3.71. The molecule has 2 aromatic heterocycles. The molecule has 2 N–H and O–H groups in total. The van der Waals surface area contributed by atoms with Crippen LogP contribution < -0.4 is 5.32 Å². The van der Waals surface area contributed by atoms with E-state index in [0.29, 0.717) is 19.5 Å². The fourth-order valence-electron chi connectivity index (χ4n) is 4.60. The highest BCUT2D eigenvalue weighted by Crippen LogP contribution is 2.30. The first-order chi connectivity index (χ1) is 15.6. The molecular weight excluding hydrogens is 404 g/mol. The van der Waals surface area contributed by atoms with Crippen LogP contribution in [-0.4, -0.2) is 45.8 Å². The summed E-state index contributed by atoms with van der Waals surface area (Å²) < 4.78 is 5.94. The quantitative estimate of drug-likeness (QED) is 0.504. The summed E-state index contributed by atoms with van der Waals surface area (Å²) in [6.45, 7) is 2.69. The highest BCUT2D eigenvalue weighted by molar-refractivity contribution is 5.89. The van der Waals surface area contributed by atoms with E-state index in [0.717, 1.165) is 46.3 Å². The normalized spacial score (nSPS) is 15.8. The summed E-state index contributed by atoms with van der Waals surface area (Å²) in [6.07, 6.45) is 3.95. The zero-order valence-electron chi connectivity index (χ0n) is 18.0. The molecule has 0 saturated carbocycles. The van der Waals surface area contributed by atoms with Crippen LogP contribution in [0.1, 0.15) is 37.1 Å². The summed E-state index contributed by atoms with van der Waals surface area (Å²) in [6, 6.07) is 15.2. The first kappa shape index (κ1) is 20.3. The molecule has 0 spiro atoms. The van der Waals surface area contributed by atoms with Gasteiger partial charge in [0.25, 0.3) is 0 Å². The molecule has 5 rings (SSSR count). The second kappa shape index (κ2) is 8.49. The molecule has 7 heteroatoms. The van der Waals surface area contributed by atoms with Crippen molar-refractivity contribution >= 4 is 33.8 Å². The summed E-state index contributed by atoms with van der Waals surface area (Å²) in [7, 11) is 0. The van der Waals surface area contributed by atoms with Gasteiger partial charge in [-0.3, -0.25) is 9.59 Å². The van der Waals surface area contributed by atoms with Gasteiger partial charge in [-0.2, -0.15) is 0 Å². The summed E-state index contributed by atoms with van der Waals surface area (Å²) in [5, 5.41) is 3.94. The Labute approximate surface area is 185 Å². The Hall–Kier alpha value is -3.61. The standard InChI is InChI=1S/C25H26N4O3/c1-16(30)27-22(14-18-15-26-20-7-3-2-6-19(18)20)25(31)29-12-10-17(11-13-29)24-28-21-8-4-5-9-23(21)32-24/h2-9,15,17,22,26H,10-14H2,1H3,(H,27,30)/t22-/m1/s1. The van der Waals surface area contributed by atoms with Gasteiger partial charge in [-0.25, -0.2) is 4.98 Å². The van der Waals surface area contributed by atoms with Crippen LogP contribution in [0.3, 0.4) is 0 Å². The predicted molar refractivity (Wildman–Crippen MR) is 122 cm³/mol. The molecule has 1 saturated heterocycles. The molecule has 32 heavy (non-hydrogen) atoms. The number of para-hydroxylation sites is 3. The number of nitrogens with one attached hydrogen (secondary N) is 2. The van der Waals surface area contributed by atoms with Gasteiger partial charge in [0, 0.05) is 49.5 Å². The molecule has 0 aliphatic carbocycles. The van der Waals surface area contributed by atoms with Crippen molar-refractivity contribution in [3.8, 4) is 0 Å². The zero-order chi connectivity index (χ0) is 22.1. The fourth-order valence-corrected chi connectivity index (χ4v) is 4.60. The smallest absolute Gasteiger partial charge is 0.245 e. The van der Waals surface area contributed by atoms with Crippen molar-refractivity contribution in [1.29, 1.82) is 0 Å². The number of piperidine rings is 1. The largest absolute Gasteiger partial charge is 0.440 e. The molecule has 0 bridgehead atoms. The van der Waals surface area contributed by atoms with Crippen molar-refractivity contribution in [2.75, 3.05) is 13.1 Å². The first-order valence-corrected chi connectivity index (χ1v) is 11.0. The van der Waals surface area contributed by atoms with Crippen LogP contribution in [0.15, 0.2) is 59.1 Å². The summed E-state index contributed by atoms with van der Waals surface area (Å²) >= 11 is 0. The number of benzene rings is 2. The highest BCUT2D eigenvalue weighted by atomic mass is 16.3. The van der Waals surface area contributed by atoms with Crippen molar-refractivity contribution < 1.29 is 14.0 Å². The van der Waals surface area contributed by atoms with E-state index in [1.54, 1.807) is 0 Å². The number of hydrogen-bond donors (Lipinski definition) is 2. The third-order valence-corrected chi connectivity index (χ3v) is 6.24. The van der Waals surface area contributed by atoms with Gasteiger partial charge < -0.3 is 19.6 Å². The molecule has 7 nitrogen and oxygen atoms in total. The number of carbonyl (C=O) groups is 2. The van der Waals surface area contributed by atoms with Gasteiger partial charge in [-0.1, -0.05) is 30.3 Å². The fraction of sp³-hybridized carbons (Fsp3) is 0.320. The topological polar surface area (TPSA) is 91.2 Å². The lowest BCUT2D eigenvalue weighted by Gasteiger charge is -2.33. The Bertz CT molecular complexity index is 1230. The third-order valence-electron chi connectivity index (χ3n) is 6.24. The number of nitrogens with zero attached hydrogens (tertiary/aromatic N) is 2. The lowest BCUT2D eigenvalue weighted by Crippen LogP contribution is -2.51. The third kappa shape index (κ3) is 3.98. The number of amides is 2. The molecule has 2 amide bonds. The van der Waals surface area contributed by atoms with Gasteiger partial charge in [-0.15, -0.1) is 0 Å². The van der Waals surface area contributed by atoms with Gasteiger partial charge in [0.2, 0.25) is 11.8 Å². The van der Waals surface area contributed by atoms with E-state index in [4.69, 9.17) is 4.42 Å². The number of H-pyrrole nitrogens is 1. The number of carbonyl (C=O) groups excluding carboxylic acids is 2. The molecular formula is C25H26N4O3. The predicted octanol–water partition coefficient (Wildman–Crippen LogP) is 3.76. The van der Waals surface area contributed by atoms with Crippen LogP contribution in [0, 0.1) is 0 Å². The molecule has 0 radical (unpaired) electrons. The van der Waals surface area contributed by atoms with Gasteiger partial charge in [0.15, 0.2) is 11.5 Å². The number of oxazole rings is 1. The average molecular weight is 431 g/mol. The Kier molecular flexibility index (Phi) is 5.39. The van der Waals surface area contributed by atoms with Crippen molar-refractivity contribution in [2.24, 2.45) is 0 Å². The Balaban J connectivity index is 1.28. The SMILES string of the molecule is CC(=O)N[C@H](Cc1c[nH]c2ccccc12)C(=O)N1CCC(c2nc3ccccc3o2)CC1. The first-order valence-electron chi connectivity index (χ1n) is 11.0. The Morgan fingerprint density at radius 2 is 1.91 bits per heavy atom. The van der Waals surface area contributed by atoms with E-state index < -0.39 is 6.04 Å². The van der Waals surface area contributed by atoms with Crippen LogP contribution in [0.5, 0.6) is 0 Å². The molecule has 1 aliphatic heterocycles. The van der Waals surface area contributed by atoms with Gasteiger partial charge in [0.05, 0.1) is 0 Å². The van der Waals surface area contributed by atoms with Crippen LogP contribution >= 0.6 is 0 Å². The van der Waals surface area contributed by atoms with Gasteiger partial charge in [-0.05, 0) is 36.6 Å². The number of likely N-dealkylation sites (tertiary alicyclic amines) is 1. The maximum absolute atomic E-state index is 13.3. The van der Waals surface area contributed by atoms with Crippen molar-refractivity contribution in [3.63, 3.8) is 0 Å². The molecule has 0 unspecified atom stereocenters. The molecule has 1 fully saturated rings. The summed E-state index contributed by atoms with van der Waals surface area (Å²) in [5.74, 6) is 0.695. The molecule has 3 heterocycles. The van der Waals surface area contributed by atoms with E-state index in [1.165, 1.54) is 6.92 Å². The molecule has 164 valence electrons. The lowest BCUT2D eigenvalue weighted by molar-refractivity contribution is -0.137. The highest BCUT2D eigenvalue weighted by Gasteiger charge is 2.31. The molecule has 1 atom stereocenters. The van der Waals surface area contributed by atoms with E-state index in [9.17, 15) is 9.59 Å². The average Bonchev–Trinajstić information content (AvgIpc) is 3.42. The lowest BCUT2D eigenvalue weighted by atomic mass is 9.95. The Morgan fingerprint density at radius 3 is 2.69 bits per heavy atom. The van der Waals surface area contributed by atoms with E-state index in [2.05, 4.69) is 15.3 Å². The van der Waals surface area contributed by atoms with Crippen LogP contribution in [-0.2, 0) is 16.0 Å². The van der Waals surface area contributed by atoms with Crippen LogP contribution in [0.2, 0.25) is 0 Å². The van der Waals surface area contributed by atoms with E-state index in [1.807, 2.05) is 59.6 Å². The zero-order valence-corrected chi connectivity index (χ0v) is 18.0. The maximum Gasteiger partial charge on any atom is 0.245 e. The number of fused-ring (bicyclic) bond motifs is 2. The number of rotatable bonds is 5.